The second-order valence-electron chi connectivity index (χ2n) is 4.50. The minimum Gasteiger partial charge on any atom is -0.320 e. The fraction of sp³-hybridized carbons (Fsp3) is 0.200. The quantitative estimate of drug-likeness (QED) is 0.705. The third-order valence-corrected chi connectivity index (χ3v) is 4.45. The van der Waals surface area contributed by atoms with E-state index in [0.717, 1.165) is 10.0 Å². The zero-order valence-corrected chi connectivity index (χ0v) is 14.1. The first kappa shape index (κ1) is 14.0. The average molecular weight is 416 g/mol. The Bertz CT molecular complexity index is 581. The largest absolute Gasteiger partial charge is 0.320 e. The van der Waals surface area contributed by atoms with Gasteiger partial charge in [0.2, 0.25) is 0 Å². The van der Waals surface area contributed by atoms with Crippen molar-refractivity contribution in [2.75, 3.05) is 0 Å². The van der Waals surface area contributed by atoms with Crippen LogP contribution in [0.1, 0.15) is 28.3 Å². The van der Waals surface area contributed by atoms with Crippen LogP contribution in [0.5, 0.6) is 0 Å². The molecule has 18 heavy (non-hydrogen) atoms. The van der Waals surface area contributed by atoms with Crippen molar-refractivity contribution in [3.05, 3.63) is 66.7 Å². The molecule has 0 aliphatic carbocycles. The van der Waals surface area contributed by atoms with Gasteiger partial charge in [0.15, 0.2) is 0 Å². The Hall–Kier alpha value is -0.390. The van der Waals surface area contributed by atoms with Crippen LogP contribution in [0.15, 0.2) is 40.9 Å². The first-order valence-electron chi connectivity index (χ1n) is 5.76. The predicted molar refractivity (Wildman–Crippen MR) is 88.8 cm³/mol. The average Bonchev–Trinajstić information content (AvgIpc) is 2.31. The second-order valence-corrected chi connectivity index (χ2v) is 6.60. The number of halogens is 2. The topological polar surface area (TPSA) is 26.0 Å². The number of aryl methyl sites for hydroxylation is 2. The first-order valence-corrected chi connectivity index (χ1v) is 7.64. The van der Waals surface area contributed by atoms with Crippen molar-refractivity contribution in [2.45, 2.75) is 19.9 Å². The molecular weight excluding hydrogens is 401 g/mol. The molecule has 0 heterocycles. The van der Waals surface area contributed by atoms with Crippen molar-refractivity contribution in [3.8, 4) is 0 Å². The monoisotopic (exact) mass is 415 g/mol. The van der Waals surface area contributed by atoms with Gasteiger partial charge in [-0.25, -0.2) is 0 Å². The molecule has 2 N–H and O–H groups in total. The summed E-state index contributed by atoms with van der Waals surface area (Å²) >= 11 is 5.90. The summed E-state index contributed by atoms with van der Waals surface area (Å²) in [7, 11) is 0. The van der Waals surface area contributed by atoms with E-state index in [1.54, 1.807) is 0 Å². The van der Waals surface area contributed by atoms with Crippen molar-refractivity contribution in [2.24, 2.45) is 5.73 Å². The lowest BCUT2D eigenvalue weighted by molar-refractivity contribution is 0.854. The Morgan fingerprint density at radius 2 is 1.78 bits per heavy atom. The van der Waals surface area contributed by atoms with Crippen molar-refractivity contribution in [3.63, 3.8) is 0 Å². The summed E-state index contributed by atoms with van der Waals surface area (Å²) in [5, 5.41) is 0. The molecule has 2 aromatic rings. The van der Waals surface area contributed by atoms with Crippen molar-refractivity contribution < 1.29 is 0 Å². The summed E-state index contributed by atoms with van der Waals surface area (Å²) in [4.78, 5) is 0. The third-order valence-electron chi connectivity index (χ3n) is 3.05. The smallest absolute Gasteiger partial charge is 0.0565 e. The Morgan fingerprint density at radius 1 is 1.06 bits per heavy atom. The molecule has 94 valence electrons. The maximum absolute atomic E-state index is 6.40. The van der Waals surface area contributed by atoms with Gasteiger partial charge in [-0.2, -0.15) is 0 Å². The van der Waals surface area contributed by atoms with Crippen molar-refractivity contribution >= 4 is 38.5 Å². The van der Waals surface area contributed by atoms with E-state index in [2.05, 4.69) is 88.8 Å². The minimum atomic E-state index is -0.0882. The Kier molecular flexibility index (Phi) is 4.45. The van der Waals surface area contributed by atoms with Gasteiger partial charge in [0.05, 0.1) is 6.04 Å². The number of hydrogen-bond donors (Lipinski definition) is 1. The van der Waals surface area contributed by atoms with E-state index in [1.807, 2.05) is 0 Å². The van der Waals surface area contributed by atoms with Crippen LogP contribution in [0.2, 0.25) is 0 Å². The first-order chi connectivity index (χ1) is 8.49. The number of benzene rings is 2. The molecule has 0 fully saturated rings. The Labute approximate surface area is 130 Å². The summed E-state index contributed by atoms with van der Waals surface area (Å²) in [5.41, 5.74) is 11.2. The van der Waals surface area contributed by atoms with E-state index in [4.69, 9.17) is 5.73 Å². The molecule has 0 saturated carbocycles. The van der Waals surface area contributed by atoms with Crippen molar-refractivity contribution in [1.82, 2.24) is 0 Å². The fourth-order valence-electron chi connectivity index (χ4n) is 2.10. The molecular formula is C15H15BrIN. The van der Waals surface area contributed by atoms with Gasteiger partial charge in [-0.15, -0.1) is 0 Å². The number of nitrogens with two attached hydrogens (primary N) is 1. The molecule has 0 amide bonds. The number of hydrogen-bond acceptors (Lipinski definition) is 1. The van der Waals surface area contributed by atoms with E-state index >= 15 is 0 Å². The molecule has 0 aliphatic heterocycles. The van der Waals surface area contributed by atoms with E-state index < -0.39 is 0 Å². The van der Waals surface area contributed by atoms with Gasteiger partial charge in [-0.05, 0) is 71.3 Å². The summed E-state index contributed by atoms with van der Waals surface area (Å²) in [6.07, 6.45) is 0. The maximum atomic E-state index is 6.40. The zero-order chi connectivity index (χ0) is 13.3. The SMILES string of the molecule is Cc1ccc(C(N)c2cc(I)ccc2Br)c(C)c1. The highest BCUT2D eigenvalue weighted by atomic mass is 127. The van der Waals surface area contributed by atoms with E-state index in [0.29, 0.717) is 0 Å². The lowest BCUT2D eigenvalue weighted by Gasteiger charge is -2.17. The van der Waals surface area contributed by atoms with Crippen LogP contribution in [-0.2, 0) is 0 Å². The molecule has 1 nitrogen and oxygen atoms in total. The summed E-state index contributed by atoms with van der Waals surface area (Å²) < 4.78 is 2.27. The Balaban J connectivity index is 2.47. The second kappa shape index (κ2) is 5.72. The molecule has 0 aromatic heterocycles. The third kappa shape index (κ3) is 2.95. The van der Waals surface area contributed by atoms with Gasteiger partial charge in [-0.1, -0.05) is 39.7 Å². The van der Waals surface area contributed by atoms with Crippen LogP contribution in [0.3, 0.4) is 0 Å². The standard InChI is InChI=1S/C15H15BrIN/c1-9-3-5-12(10(2)7-9)15(18)13-8-11(17)4-6-14(13)16/h3-8,15H,18H2,1-2H3. The minimum absolute atomic E-state index is 0.0882. The zero-order valence-electron chi connectivity index (χ0n) is 10.4. The van der Waals surface area contributed by atoms with Crippen molar-refractivity contribution in [1.29, 1.82) is 0 Å². The highest BCUT2D eigenvalue weighted by molar-refractivity contribution is 14.1. The Morgan fingerprint density at radius 3 is 2.44 bits per heavy atom. The highest BCUT2D eigenvalue weighted by Gasteiger charge is 2.14. The number of rotatable bonds is 2. The molecule has 0 aliphatic rings. The maximum Gasteiger partial charge on any atom is 0.0565 e. The van der Waals surface area contributed by atoms with Crippen LogP contribution < -0.4 is 5.73 Å². The van der Waals surface area contributed by atoms with E-state index in [9.17, 15) is 0 Å². The van der Waals surface area contributed by atoms with Crippen LogP contribution in [0.4, 0.5) is 0 Å². The molecule has 3 heteroatoms. The van der Waals surface area contributed by atoms with Crippen LogP contribution >= 0.6 is 38.5 Å². The van der Waals surface area contributed by atoms with Gasteiger partial charge >= 0.3 is 0 Å². The molecule has 0 saturated heterocycles. The lowest BCUT2D eigenvalue weighted by atomic mass is 9.95. The molecule has 2 aromatic carbocycles. The molecule has 0 radical (unpaired) electrons. The molecule has 2 rings (SSSR count). The molecule has 0 spiro atoms. The molecule has 1 unspecified atom stereocenters. The van der Waals surface area contributed by atoms with E-state index in [-0.39, 0.29) is 6.04 Å². The highest BCUT2D eigenvalue weighted by Crippen LogP contribution is 2.30. The van der Waals surface area contributed by atoms with Crippen LogP contribution in [0.25, 0.3) is 0 Å². The summed E-state index contributed by atoms with van der Waals surface area (Å²) in [6.45, 7) is 4.22. The lowest BCUT2D eigenvalue weighted by Crippen LogP contribution is -2.14. The van der Waals surface area contributed by atoms with Gasteiger partial charge < -0.3 is 5.73 Å². The van der Waals surface area contributed by atoms with Gasteiger partial charge in [0.25, 0.3) is 0 Å². The van der Waals surface area contributed by atoms with Gasteiger partial charge in [0, 0.05) is 8.04 Å². The van der Waals surface area contributed by atoms with Crippen LogP contribution in [0, 0.1) is 17.4 Å². The molecule has 0 bridgehead atoms. The fourth-order valence-corrected chi connectivity index (χ4v) is 3.10. The normalized spacial score (nSPS) is 12.5. The van der Waals surface area contributed by atoms with Crippen LogP contribution in [-0.4, -0.2) is 0 Å². The molecule has 1 atom stereocenters. The van der Waals surface area contributed by atoms with Gasteiger partial charge in [-0.3, -0.25) is 0 Å². The van der Waals surface area contributed by atoms with Gasteiger partial charge in [0.1, 0.15) is 0 Å². The summed E-state index contributed by atoms with van der Waals surface area (Å²) in [5.74, 6) is 0. The predicted octanol–water partition coefficient (Wildman–Crippen LogP) is 4.72. The summed E-state index contributed by atoms with van der Waals surface area (Å²) in [6, 6.07) is 12.6. The van der Waals surface area contributed by atoms with E-state index in [1.165, 1.54) is 20.3 Å².